The van der Waals surface area contributed by atoms with Crippen molar-refractivity contribution in [2.24, 2.45) is 0 Å². The Morgan fingerprint density at radius 3 is 1.68 bits per heavy atom. The average Bonchev–Trinajstić information content (AvgIpc) is 4.06. The number of rotatable bonds is 4. The van der Waals surface area contributed by atoms with Crippen LogP contribution in [0, 0.1) is 0 Å². The Labute approximate surface area is 353 Å². The van der Waals surface area contributed by atoms with Crippen molar-refractivity contribution in [3.63, 3.8) is 0 Å². The van der Waals surface area contributed by atoms with Gasteiger partial charge in [-0.1, -0.05) is 121 Å². The molecule has 1 unspecified atom stereocenters. The Morgan fingerprint density at radius 1 is 0.435 bits per heavy atom. The first-order chi connectivity index (χ1) is 30.8. The van der Waals surface area contributed by atoms with Crippen LogP contribution in [0.15, 0.2) is 188 Å². The molecule has 0 amide bonds. The summed E-state index contributed by atoms with van der Waals surface area (Å²) in [6, 6.07) is 54.5. The maximum atomic E-state index is 5.32. The zero-order valence-corrected chi connectivity index (χ0v) is 33.3. The van der Waals surface area contributed by atoms with E-state index in [1.807, 2.05) is 12.4 Å². The lowest BCUT2D eigenvalue weighted by Gasteiger charge is -2.18. The van der Waals surface area contributed by atoms with Crippen LogP contribution in [0.5, 0.6) is 0 Å². The Hall–Kier alpha value is -8.36. The normalized spacial score (nSPS) is 14.4. The van der Waals surface area contributed by atoms with E-state index in [0.29, 0.717) is 17.5 Å². The van der Waals surface area contributed by atoms with Crippen LogP contribution >= 0.6 is 0 Å². The summed E-state index contributed by atoms with van der Waals surface area (Å²) in [5, 5.41) is 10.1. The van der Waals surface area contributed by atoms with Gasteiger partial charge in [-0.05, 0) is 61.0 Å². The van der Waals surface area contributed by atoms with Crippen molar-refractivity contribution in [2.45, 2.75) is 12.5 Å². The molecule has 0 radical (unpaired) electrons. The highest BCUT2D eigenvalue weighted by Gasteiger charge is 2.24. The van der Waals surface area contributed by atoms with Gasteiger partial charge in [0.05, 0.1) is 50.0 Å². The monoisotopic (exact) mass is 794 g/mol. The highest BCUT2D eigenvalue weighted by Crippen LogP contribution is 2.43. The average molecular weight is 795 g/mol. The zero-order chi connectivity index (χ0) is 40.5. The minimum absolute atomic E-state index is 0.212. The fourth-order valence-electron chi connectivity index (χ4n) is 10.4. The lowest BCUT2D eigenvalue weighted by molar-refractivity contribution is 0.648. The maximum absolute atomic E-state index is 5.32. The van der Waals surface area contributed by atoms with Crippen molar-refractivity contribution in [3.8, 4) is 17.6 Å². The number of hydrogen-bond acceptors (Lipinski definition) is 4. The van der Waals surface area contributed by atoms with Crippen molar-refractivity contribution in [3.05, 3.63) is 188 Å². The van der Waals surface area contributed by atoms with Gasteiger partial charge in [0.15, 0.2) is 5.65 Å². The van der Waals surface area contributed by atoms with Gasteiger partial charge < -0.3 is 9.13 Å². The number of nitrogens with zero attached hydrogens (tertiary/aromatic N) is 8. The predicted molar refractivity (Wildman–Crippen MR) is 253 cm³/mol. The summed E-state index contributed by atoms with van der Waals surface area (Å²) in [5.74, 6) is 1.12. The van der Waals surface area contributed by atoms with Crippen LogP contribution in [0.3, 0.4) is 0 Å². The highest BCUT2D eigenvalue weighted by atomic mass is 15.2. The second-order valence-electron chi connectivity index (χ2n) is 16.3. The lowest BCUT2D eigenvalue weighted by atomic mass is 10.1. The second kappa shape index (κ2) is 12.6. The van der Waals surface area contributed by atoms with E-state index >= 15 is 0 Å². The fraction of sp³-hybridized carbons (Fsp3) is 0.0370. The molecule has 8 heteroatoms. The summed E-state index contributed by atoms with van der Waals surface area (Å²) in [6.07, 6.45) is 13.5. The molecular weight excluding hydrogens is 761 g/mol. The van der Waals surface area contributed by atoms with Gasteiger partial charge >= 0.3 is 0 Å². The predicted octanol–water partition coefficient (Wildman–Crippen LogP) is 12.9. The largest absolute Gasteiger partial charge is 0.333 e. The van der Waals surface area contributed by atoms with Gasteiger partial charge in [-0.3, -0.25) is 9.13 Å². The van der Waals surface area contributed by atoms with Crippen LogP contribution in [-0.2, 0) is 0 Å². The van der Waals surface area contributed by atoms with Crippen LogP contribution in [0.25, 0.3) is 116 Å². The van der Waals surface area contributed by atoms with Gasteiger partial charge in [-0.2, -0.15) is 9.97 Å². The van der Waals surface area contributed by atoms with Gasteiger partial charge in [-0.15, -0.1) is 0 Å². The smallest absolute Gasteiger partial charge is 0.236 e. The molecule has 0 spiro atoms. The van der Waals surface area contributed by atoms with E-state index in [0.717, 1.165) is 66.6 Å². The number of para-hydroxylation sites is 5. The van der Waals surface area contributed by atoms with Gasteiger partial charge in [0.2, 0.25) is 11.9 Å². The van der Waals surface area contributed by atoms with E-state index in [1.165, 1.54) is 38.1 Å². The standard InChI is InChI=1S/C54H34N8/c1-3-15-34(16-4-1)59-46-26-14-10-22-40(46)50-47(59)28-27-39-36-19-7-13-25-45(36)62(51(39)50)54-56-32-33-31-55-53(57-52(33)58-54)61-44-24-12-9-21-38(44)42-29-48-41(30-49(42)61)37-20-8-11-23-43(37)60(48)35-17-5-2-6-18-35/h1-15,17-32,34H,16H2. The van der Waals surface area contributed by atoms with Crippen molar-refractivity contribution >= 4 is 98.3 Å². The molecule has 0 saturated heterocycles. The Morgan fingerprint density at radius 2 is 1.00 bits per heavy atom. The molecule has 1 atom stereocenters. The van der Waals surface area contributed by atoms with Gasteiger partial charge in [0, 0.05) is 66.7 Å². The van der Waals surface area contributed by atoms with Crippen molar-refractivity contribution < 1.29 is 0 Å². The summed E-state index contributed by atoms with van der Waals surface area (Å²) < 4.78 is 9.28. The third kappa shape index (κ3) is 4.55. The Kier molecular flexibility index (Phi) is 6.79. The van der Waals surface area contributed by atoms with Gasteiger partial charge in [0.25, 0.3) is 0 Å². The topological polar surface area (TPSA) is 71.3 Å². The van der Waals surface area contributed by atoms with Crippen LogP contribution in [0.4, 0.5) is 0 Å². The molecule has 6 heterocycles. The molecule has 0 saturated carbocycles. The van der Waals surface area contributed by atoms with E-state index < -0.39 is 0 Å². The SMILES string of the molecule is C1=CCC(n2c3ccccc3c3c4c(ccc32)c2ccccc2n4-c2ncc3cnc(-n4c5ccccc5c5cc6c(cc54)c4ccccc4n6-c4ccccc4)nc3n2)C=C1. The molecular formula is C54H34N8. The molecule has 0 N–H and O–H groups in total. The quantitative estimate of drug-likeness (QED) is 0.178. The molecule has 0 fully saturated rings. The number of aromatic nitrogens is 8. The highest BCUT2D eigenvalue weighted by molar-refractivity contribution is 6.26. The number of hydrogen-bond donors (Lipinski definition) is 0. The number of benzene rings is 7. The second-order valence-corrected chi connectivity index (χ2v) is 16.3. The van der Waals surface area contributed by atoms with E-state index in [4.69, 9.17) is 19.9 Å². The van der Waals surface area contributed by atoms with Crippen molar-refractivity contribution in [1.82, 2.24) is 38.2 Å². The Bertz CT molecular complexity index is 4080. The molecule has 1 aliphatic carbocycles. The van der Waals surface area contributed by atoms with Gasteiger partial charge in [0.1, 0.15) is 0 Å². The third-order valence-corrected chi connectivity index (χ3v) is 13.0. The molecule has 290 valence electrons. The van der Waals surface area contributed by atoms with E-state index in [2.05, 4.69) is 194 Å². The van der Waals surface area contributed by atoms with E-state index in [-0.39, 0.29) is 6.04 Å². The molecule has 14 rings (SSSR count). The minimum atomic E-state index is 0.212. The maximum Gasteiger partial charge on any atom is 0.236 e. The van der Waals surface area contributed by atoms with Crippen molar-refractivity contribution in [1.29, 1.82) is 0 Å². The molecule has 13 aromatic rings. The van der Waals surface area contributed by atoms with E-state index in [1.54, 1.807) is 0 Å². The zero-order valence-electron chi connectivity index (χ0n) is 33.3. The molecule has 62 heavy (non-hydrogen) atoms. The third-order valence-electron chi connectivity index (χ3n) is 13.0. The first kappa shape index (κ1) is 33.5. The van der Waals surface area contributed by atoms with Crippen LogP contribution in [0.1, 0.15) is 12.5 Å². The molecule has 7 aromatic carbocycles. The van der Waals surface area contributed by atoms with Gasteiger partial charge in [-0.25, -0.2) is 9.97 Å². The molecule has 8 nitrogen and oxygen atoms in total. The molecule has 1 aliphatic rings. The fourth-order valence-corrected chi connectivity index (χ4v) is 10.4. The van der Waals surface area contributed by atoms with E-state index in [9.17, 15) is 0 Å². The molecule has 6 aromatic heterocycles. The summed E-state index contributed by atoms with van der Waals surface area (Å²) in [4.78, 5) is 20.7. The summed E-state index contributed by atoms with van der Waals surface area (Å²) in [5.41, 5.74) is 10.6. The van der Waals surface area contributed by atoms with Crippen LogP contribution in [0.2, 0.25) is 0 Å². The summed E-state index contributed by atoms with van der Waals surface area (Å²) in [7, 11) is 0. The molecule has 0 bridgehead atoms. The van der Waals surface area contributed by atoms with Crippen molar-refractivity contribution in [2.75, 3.05) is 0 Å². The summed E-state index contributed by atoms with van der Waals surface area (Å²) >= 11 is 0. The minimum Gasteiger partial charge on any atom is -0.333 e. The van der Waals surface area contributed by atoms with Crippen LogP contribution in [-0.4, -0.2) is 38.2 Å². The first-order valence-electron chi connectivity index (χ1n) is 21.1. The summed E-state index contributed by atoms with van der Waals surface area (Å²) in [6.45, 7) is 0. The first-order valence-corrected chi connectivity index (χ1v) is 21.1. The number of allylic oxidation sites excluding steroid dienone is 4. The van der Waals surface area contributed by atoms with Crippen LogP contribution < -0.4 is 0 Å². The number of fused-ring (bicyclic) bond motifs is 14. The molecule has 0 aliphatic heterocycles. The Balaban J connectivity index is 1.02. The lowest BCUT2D eigenvalue weighted by Crippen LogP contribution is -2.07.